The van der Waals surface area contributed by atoms with E-state index >= 15 is 0 Å². The molecule has 0 aliphatic heterocycles. The number of carboxylic acids is 1. The molecule has 2 rings (SSSR count). The van der Waals surface area contributed by atoms with Crippen LogP contribution in [0.5, 0.6) is 11.5 Å². The first-order chi connectivity index (χ1) is 8.65. The van der Waals surface area contributed by atoms with Crippen LogP contribution in [-0.2, 0) is 18.3 Å². The zero-order chi connectivity index (χ0) is 13.0. The Kier molecular flexibility index (Phi) is 3.62. The minimum atomic E-state index is -0.814. The van der Waals surface area contributed by atoms with E-state index in [2.05, 4.69) is 5.10 Å². The van der Waals surface area contributed by atoms with Gasteiger partial charge < -0.3 is 9.84 Å². The number of rotatable bonds is 5. The van der Waals surface area contributed by atoms with Crippen LogP contribution in [0.25, 0.3) is 0 Å². The zero-order valence-electron chi connectivity index (χ0n) is 10.0. The number of carboxylic acid groups (broad SMARTS) is 1. The summed E-state index contributed by atoms with van der Waals surface area (Å²) in [6.07, 6.45) is 3.92. The smallest absolute Gasteiger partial charge is 0.303 e. The number of aryl methyl sites for hydroxylation is 2. The van der Waals surface area contributed by atoms with Crippen molar-refractivity contribution in [1.82, 2.24) is 9.78 Å². The van der Waals surface area contributed by atoms with Gasteiger partial charge in [0.05, 0.1) is 12.4 Å². The summed E-state index contributed by atoms with van der Waals surface area (Å²) in [6.45, 7) is 0. The van der Waals surface area contributed by atoms with Gasteiger partial charge in [0.25, 0.3) is 0 Å². The van der Waals surface area contributed by atoms with Crippen molar-refractivity contribution >= 4 is 5.97 Å². The lowest BCUT2D eigenvalue weighted by atomic mass is 10.1. The molecule has 0 radical (unpaired) electrons. The highest BCUT2D eigenvalue weighted by molar-refractivity contribution is 5.67. The van der Waals surface area contributed by atoms with E-state index in [1.807, 2.05) is 31.3 Å². The highest BCUT2D eigenvalue weighted by Gasteiger charge is 2.07. The summed E-state index contributed by atoms with van der Waals surface area (Å²) in [4.78, 5) is 10.6. The van der Waals surface area contributed by atoms with Crippen molar-refractivity contribution in [2.75, 3.05) is 0 Å². The SMILES string of the molecule is Cn1cc(Oc2ccccc2CCC(=O)O)cn1. The Morgan fingerprint density at radius 1 is 1.44 bits per heavy atom. The quantitative estimate of drug-likeness (QED) is 0.878. The third kappa shape index (κ3) is 3.10. The van der Waals surface area contributed by atoms with Gasteiger partial charge >= 0.3 is 5.97 Å². The van der Waals surface area contributed by atoms with Crippen LogP contribution in [0.3, 0.4) is 0 Å². The second kappa shape index (κ2) is 5.35. The molecule has 18 heavy (non-hydrogen) atoms. The Bertz CT molecular complexity index is 549. The molecule has 94 valence electrons. The largest absolute Gasteiger partial charge is 0.481 e. The monoisotopic (exact) mass is 246 g/mol. The van der Waals surface area contributed by atoms with Crippen LogP contribution in [0.2, 0.25) is 0 Å². The average Bonchev–Trinajstić information content (AvgIpc) is 2.73. The second-order valence-corrected chi connectivity index (χ2v) is 3.95. The van der Waals surface area contributed by atoms with Crippen molar-refractivity contribution in [3.05, 3.63) is 42.2 Å². The summed E-state index contributed by atoms with van der Waals surface area (Å²) in [5.41, 5.74) is 0.878. The molecule has 2 aromatic rings. The number of benzene rings is 1. The first-order valence-electron chi connectivity index (χ1n) is 5.61. The molecule has 0 unspecified atom stereocenters. The fourth-order valence-electron chi connectivity index (χ4n) is 1.63. The fraction of sp³-hybridized carbons (Fsp3) is 0.231. The number of aliphatic carboxylic acids is 1. The van der Waals surface area contributed by atoms with Gasteiger partial charge in [-0.25, -0.2) is 0 Å². The van der Waals surface area contributed by atoms with Crippen molar-refractivity contribution < 1.29 is 14.6 Å². The van der Waals surface area contributed by atoms with Crippen LogP contribution in [0, 0.1) is 0 Å². The molecule has 0 spiro atoms. The number of hydrogen-bond donors (Lipinski definition) is 1. The number of carbonyl (C=O) groups is 1. The zero-order valence-corrected chi connectivity index (χ0v) is 10.0. The summed E-state index contributed by atoms with van der Waals surface area (Å²) in [7, 11) is 1.81. The number of aromatic nitrogens is 2. The highest BCUT2D eigenvalue weighted by atomic mass is 16.5. The standard InChI is InChI=1S/C13H14N2O3/c1-15-9-11(8-14-15)18-12-5-3-2-4-10(12)6-7-13(16)17/h2-5,8-9H,6-7H2,1H3,(H,16,17). The first-order valence-corrected chi connectivity index (χ1v) is 5.61. The molecule has 1 heterocycles. The molecule has 0 atom stereocenters. The van der Waals surface area contributed by atoms with E-state index in [1.165, 1.54) is 0 Å². The average molecular weight is 246 g/mol. The second-order valence-electron chi connectivity index (χ2n) is 3.95. The fourth-order valence-corrected chi connectivity index (χ4v) is 1.63. The molecule has 1 aromatic heterocycles. The minimum absolute atomic E-state index is 0.0907. The van der Waals surface area contributed by atoms with Crippen LogP contribution < -0.4 is 4.74 Å². The van der Waals surface area contributed by atoms with E-state index < -0.39 is 5.97 Å². The predicted octanol–water partition coefficient (Wildman–Crippen LogP) is 2.23. The summed E-state index contributed by atoms with van der Waals surface area (Å²) >= 11 is 0. The van der Waals surface area contributed by atoms with E-state index in [4.69, 9.17) is 9.84 Å². The van der Waals surface area contributed by atoms with Crippen molar-refractivity contribution in [2.24, 2.45) is 7.05 Å². The lowest BCUT2D eigenvalue weighted by Gasteiger charge is -2.08. The third-order valence-electron chi connectivity index (χ3n) is 2.49. The molecular formula is C13H14N2O3. The molecule has 1 N–H and O–H groups in total. The summed E-state index contributed by atoms with van der Waals surface area (Å²) in [5.74, 6) is 0.498. The van der Waals surface area contributed by atoms with Crippen molar-refractivity contribution in [1.29, 1.82) is 0 Å². The van der Waals surface area contributed by atoms with Crippen LogP contribution >= 0.6 is 0 Å². The van der Waals surface area contributed by atoms with Crippen molar-refractivity contribution in [3.8, 4) is 11.5 Å². The molecule has 0 aliphatic rings. The Labute approximate surface area is 105 Å². The van der Waals surface area contributed by atoms with Gasteiger partial charge in [0.15, 0.2) is 5.75 Å². The van der Waals surface area contributed by atoms with Gasteiger partial charge in [0.1, 0.15) is 5.75 Å². The van der Waals surface area contributed by atoms with E-state index in [0.717, 1.165) is 5.56 Å². The molecule has 5 heteroatoms. The predicted molar refractivity (Wildman–Crippen MR) is 65.7 cm³/mol. The van der Waals surface area contributed by atoms with Gasteiger partial charge in [-0.1, -0.05) is 18.2 Å². The first kappa shape index (κ1) is 12.2. The maximum Gasteiger partial charge on any atom is 0.303 e. The molecule has 0 aliphatic carbocycles. The lowest BCUT2D eigenvalue weighted by molar-refractivity contribution is -0.136. The lowest BCUT2D eigenvalue weighted by Crippen LogP contribution is -1.99. The Morgan fingerprint density at radius 2 is 2.22 bits per heavy atom. The molecule has 1 aromatic carbocycles. The van der Waals surface area contributed by atoms with Crippen LogP contribution in [0.4, 0.5) is 0 Å². The molecule has 0 fully saturated rings. The topological polar surface area (TPSA) is 64.3 Å². The van der Waals surface area contributed by atoms with E-state index in [9.17, 15) is 4.79 Å². The van der Waals surface area contributed by atoms with Crippen LogP contribution in [0.1, 0.15) is 12.0 Å². The molecular weight excluding hydrogens is 232 g/mol. The van der Waals surface area contributed by atoms with Gasteiger partial charge in [-0.15, -0.1) is 0 Å². The Morgan fingerprint density at radius 3 is 2.89 bits per heavy atom. The normalized spacial score (nSPS) is 10.3. The number of nitrogens with zero attached hydrogens (tertiary/aromatic N) is 2. The van der Waals surface area contributed by atoms with Crippen LogP contribution in [-0.4, -0.2) is 20.9 Å². The van der Waals surface area contributed by atoms with Gasteiger partial charge in [0.2, 0.25) is 0 Å². The molecule has 0 saturated heterocycles. The molecule has 0 amide bonds. The minimum Gasteiger partial charge on any atom is -0.481 e. The van der Waals surface area contributed by atoms with E-state index in [-0.39, 0.29) is 6.42 Å². The van der Waals surface area contributed by atoms with Gasteiger partial charge in [0, 0.05) is 13.5 Å². The maximum absolute atomic E-state index is 10.6. The molecule has 0 saturated carbocycles. The van der Waals surface area contributed by atoms with E-state index in [0.29, 0.717) is 17.9 Å². The van der Waals surface area contributed by atoms with Gasteiger partial charge in [-0.05, 0) is 18.1 Å². The maximum atomic E-state index is 10.6. The number of para-hydroxylation sites is 1. The molecule has 5 nitrogen and oxygen atoms in total. The number of ether oxygens (including phenoxy) is 1. The van der Waals surface area contributed by atoms with Crippen molar-refractivity contribution in [2.45, 2.75) is 12.8 Å². The summed E-state index contributed by atoms with van der Waals surface area (Å²) < 4.78 is 7.33. The Hall–Kier alpha value is -2.30. The van der Waals surface area contributed by atoms with Crippen LogP contribution in [0.15, 0.2) is 36.7 Å². The number of hydrogen-bond acceptors (Lipinski definition) is 3. The Balaban J connectivity index is 2.14. The summed E-state index contributed by atoms with van der Waals surface area (Å²) in [6, 6.07) is 7.42. The summed E-state index contributed by atoms with van der Waals surface area (Å²) in [5, 5.41) is 12.7. The van der Waals surface area contributed by atoms with Crippen molar-refractivity contribution in [3.63, 3.8) is 0 Å². The van der Waals surface area contributed by atoms with E-state index in [1.54, 1.807) is 17.1 Å². The van der Waals surface area contributed by atoms with Gasteiger partial charge in [-0.3, -0.25) is 9.48 Å². The van der Waals surface area contributed by atoms with Gasteiger partial charge in [-0.2, -0.15) is 5.10 Å². The highest BCUT2D eigenvalue weighted by Crippen LogP contribution is 2.25. The third-order valence-corrected chi connectivity index (χ3v) is 2.49. The molecule has 0 bridgehead atoms.